The lowest BCUT2D eigenvalue weighted by molar-refractivity contribution is -0.125. The van der Waals surface area contributed by atoms with Crippen LogP contribution in [0.3, 0.4) is 0 Å². The van der Waals surface area contributed by atoms with Crippen molar-refractivity contribution in [1.82, 2.24) is 14.6 Å². The van der Waals surface area contributed by atoms with E-state index >= 15 is 0 Å². The maximum absolute atomic E-state index is 13.2. The van der Waals surface area contributed by atoms with Gasteiger partial charge in [-0.2, -0.15) is 4.31 Å². The molecule has 0 atom stereocenters. The van der Waals surface area contributed by atoms with E-state index in [0.29, 0.717) is 64.6 Å². The van der Waals surface area contributed by atoms with E-state index in [-0.39, 0.29) is 22.5 Å². The molecule has 1 aromatic heterocycles. The highest BCUT2D eigenvalue weighted by Gasteiger charge is 2.32. The second-order valence-electron chi connectivity index (χ2n) is 7.95. The molecule has 0 bridgehead atoms. The molecule has 2 fully saturated rings. The van der Waals surface area contributed by atoms with Gasteiger partial charge in [-0.05, 0) is 42.7 Å². The Hall–Kier alpha value is -2.56. The minimum Gasteiger partial charge on any atom is -0.379 e. The van der Waals surface area contributed by atoms with Gasteiger partial charge >= 0.3 is 0 Å². The fourth-order valence-electron chi connectivity index (χ4n) is 4.04. The van der Waals surface area contributed by atoms with Crippen molar-refractivity contribution >= 4 is 21.7 Å². The van der Waals surface area contributed by atoms with E-state index in [2.05, 4.69) is 10.3 Å². The SMILES string of the molecule is O=C(NCc1ccc(F)cc1)C1CCN(c2ncccc2S(=O)(=O)N2CCOCC2)CC1. The number of benzene rings is 1. The van der Waals surface area contributed by atoms with Gasteiger partial charge in [0.05, 0.1) is 13.2 Å². The Morgan fingerprint density at radius 2 is 1.78 bits per heavy atom. The van der Waals surface area contributed by atoms with E-state index in [1.807, 2.05) is 4.90 Å². The van der Waals surface area contributed by atoms with Gasteiger partial charge in [0.25, 0.3) is 0 Å². The number of aromatic nitrogens is 1. The Labute approximate surface area is 187 Å². The van der Waals surface area contributed by atoms with Crippen molar-refractivity contribution in [3.63, 3.8) is 0 Å². The topological polar surface area (TPSA) is 91.8 Å². The predicted molar refractivity (Wildman–Crippen MR) is 117 cm³/mol. The number of carbonyl (C=O) groups is 1. The van der Waals surface area contributed by atoms with Gasteiger partial charge in [-0.15, -0.1) is 0 Å². The molecule has 172 valence electrons. The molecule has 2 saturated heterocycles. The third-order valence-electron chi connectivity index (χ3n) is 5.88. The minimum atomic E-state index is -3.67. The van der Waals surface area contributed by atoms with Gasteiger partial charge in [0.15, 0.2) is 0 Å². The van der Waals surface area contributed by atoms with Crippen molar-refractivity contribution in [2.24, 2.45) is 5.92 Å². The van der Waals surface area contributed by atoms with E-state index in [0.717, 1.165) is 5.56 Å². The number of hydrogen-bond donors (Lipinski definition) is 1. The monoisotopic (exact) mass is 462 g/mol. The first-order valence-corrected chi connectivity index (χ1v) is 12.2. The molecule has 2 aromatic rings. The van der Waals surface area contributed by atoms with Gasteiger partial charge in [0.2, 0.25) is 15.9 Å². The van der Waals surface area contributed by atoms with Crippen molar-refractivity contribution in [2.45, 2.75) is 24.3 Å². The molecule has 32 heavy (non-hydrogen) atoms. The lowest BCUT2D eigenvalue weighted by Crippen LogP contribution is -2.43. The van der Waals surface area contributed by atoms with Crippen molar-refractivity contribution in [3.8, 4) is 0 Å². The number of pyridine rings is 1. The number of anilines is 1. The van der Waals surface area contributed by atoms with Crippen LogP contribution < -0.4 is 10.2 Å². The molecule has 1 N–H and O–H groups in total. The molecule has 2 aliphatic rings. The molecule has 8 nitrogen and oxygen atoms in total. The average molecular weight is 463 g/mol. The summed E-state index contributed by atoms with van der Waals surface area (Å²) in [4.78, 5) is 19.1. The molecule has 1 aromatic carbocycles. The fraction of sp³-hybridized carbons (Fsp3) is 0.455. The number of carbonyl (C=O) groups excluding carboxylic acids is 1. The molecule has 0 saturated carbocycles. The molecule has 2 aliphatic heterocycles. The van der Waals surface area contributed by atoms with E-state index in [9.17, 15) is 17.6 Å². The molecule has 3 heterocycles. The van der Waals surface area contributed by atoms with Crippen LogP contribution in [0.4, 0.5) is 10.2 Å². The first kappa shape index (κ1) is 22.6. The van der Waals surface area contributed by atoms with Gasteiger partial charge in [-0.1, -0.05) is 12.1 Å². The third-order valence-corrected chi connectivity index (χ3v) is 7.80. The van der Waals surface area contributed by atoms with Crippen molar-refractivity contribution in [3.05, 3.63) is 54.0 Å². The van der Waals surface area contributed by atoms with E-state index in [1.165, 1.54) is 16.4 Å². The van der Waals surface area contributed by atoms with Crippen LogP contribution in [0.1, 0.15) is 18.4 Å². The van der Waals surface area contributed by atoms with Gasteiger partial charge in [-0.3, -0.25) is 4.79 Å². The summed E-state index contributed by atoms with van der Waals surface area (Å²) in [6.45, 7) is 2.84. The lowest BCUT2D eigenvalue weighted by Gasteiger charge is -2.34. The van der Waals surface area contributed by atoms with Crippen LogP contribution in [0.2, 0.25) is 0 Å². The molecular weight excluding hydrogens is 435 g/mol. The molecule has 10 heteroatoms. The number of hydrogen-bond acceptors (Lipinski definition) is 6. The molecule has 0 radical (unpaired) electrons. The van der Waals surface area contributed by atoms with Crippen molar-refractivity contribution < 1.29 is 22.3 Å². The van der Waals surface area contributed by atoms with Crippen LogP contribution in [0.5, 0.6) is 0 Å². The standard InChI is InChI=1S/C22H27FN4O4S/c23-19-5-3-17(4-6-19)16-25-22(28)18-7-10-26(11-8-18)21-20(2-1-9-24-21)32(29,30)27-12-14-31-15-13-27/h1-6,9,18H,7-8,10-16H2,(H,25,28). The van der Waals surface area contributed by atoms with Crippen molar-refractivity contribution in [1.29, 1.82) is 0 Å². The number of piperidine rings is 1. The summed E-state index contributed by atoms with van der Waals surface area (Å²) in [6.07, 6.45) is 2.79. The molecule has 0 unspecified atom stereocenters. The summed E-state index contributed by atoms with van der Waals surface area (Å²) in [5.41, 5.74) is 0.837. The Kier molecular flexibility index (Phi) is 7.02. The highest BCUT2D eigenvalue weighted by molar-refractivity contribution is 7.89. The first-order chi connectivity index (χ1) is 15.4. The van der Waals surface area contributed by atoms with E-state index < -0.39 is 10.0 Å². The number of halogens is 1. The third kappa shape index (κ3) is 5.08. The summed E-state index contributed by atoms with van der Waals surface area (Å²) < 4.78 is 46.1. The maximum Gasteiger partial charge on any atom is 0.246 e. The van der Waals surface area contributed by atoms with E-state index in [4.69, 9.17) is 4.74 Å². The van der Waals surface area contributed by atoms with E-state index in [1.54, 1.807) is 30.5 Å². The number of ether oxygens (including phenoxy) is 1. The number of nitrogens with zero attached hydrogens (tertiary/aromatic N) is 3. The number of morpholine rings is 1. The summed E-state index contributed by atoms with van der Waals surface area (Å²) in [6, 6.07) is 9.26. The Morgan fingerprint density at radius 3 is 2.47 bits per heavy atom. The van der Waals surface area contributed by atoms with Gasteiger partial charge in [0, 0.05) is 44.8 Å². The van der Waals surface area contributed by atoms with Crippen LogP contribution in [0.15, 0.2) is 47.5 Å². The summed E-state index contributed by atoms with van der Waals surface area (Å²) in [5, 5.41) is 2.91. The fourth-order valence-corrected chi connectivity index (χ4v) is 5.61. The Morgan fingerprint density at radius 1 is 1.09 bits per heavy atom. The molecule has 0 aliphatic carbocycles. The van der Waals surface area contributed by atoms with Gasteiger partial charge in [-0.25, -0.2) is 17.8 Å². The number of nitrogens with one attached hydrogen (secondary N) is 1. The van der Waals surface area contributed by atoms with Crippen molar-refractivity contribution in [2.75, 3.05) is 44.3 Å². The van der Waals surface area contributed by atoms with Crippen LogP contribution in [-0.2, 0) is 26.1 Å². The zero-order valence-electron chi connectivity index (χ0n) is 17.7. The first-order valence-electron chi connectivity index (χ1n) is 10.7. The Bertz CT molecular complexity index is 1030. The zero-order chi connectivity index (χ0) is 22.6. The lowest BCUT2D eigenvalue weighted by atomic mass is 9.96. The normalized spacial score (nSPS) is 18.5. The summed E-state index contributed by atoms with van der Waals surface area (Å²) >= 11 is 0. The number of sulfonamides is 1. The summed E-state index contributed by atoms with van der Waals surface area (Å²) in [7, 11) is -3.67. The van der Waals surface area contributed by atoms with Crippen LogP contribution in [0.25, 0.3) is 0 Å². The molecule has 0 spiro atoms. The Balaban J connectivity index is 1.38. The summed E-state index contributed by atoms with van der Waals surface area (Å²) in [5.74, 6) is -0.0768. The predicted octanol–water partition coefficient (Wildman–Crippen LogP) is 1.77. The number of rotatable bonds is 6. The highest BCUT2D eigenvalue weighted by atomic mass is 32.2. The van der Waals surface area contributed by atoms with Gasteiger partial charge < -0.3 is 15.0 Å². The van der Waals surface area contributed by atoms with Crippen LogP contribution in [0, 0.1) is 11.7 Å². The maximum atomic E-state index is 13.2. The van der Waals surface area contributed by atoms with Crippen LogP contribution in [-0.4, -0.2) is 63.0 Å². The second kappa shape index (κ2) is 9.93. The molecule has 4 rings (SSSR count). The minimum absolute atomic E-state index is 0.0452. The van der Waals surface area contributed by atoms with Crippen LogP contribution >= 0.6 is 0 Å². The largest absolute Gasteiger partial charge is 0.379 e. The average Bonchev–Trinajstić information content (AvgIpc) is 2.84. The van der Waals surface area contributed by atoms with Gasteiger partial charge in [0.1, 0.15) is 16.5 Å². The quantitative estimate of drug-likeness (QED) is 0.704. The smallest absolute Gasteiger partial charge is 0.246 e. The molecule has 1 amide bonds. The zero-order valence-corrected chi connectivity index (χ0v) is 18.6. The second-order valence-corrected chi connectivity index (χ2v) is 9.85. The highest BCUT2D eigenvalue weighted by Crippen LogP contribution is 2.29. The number of amides is 1. The molecular formula is C22H27FN4O4S.